The molecular formula is C14H28O. The van der Waals surface area contributed by atoms with Crippen LogP contribution < -0.4 is 0 Å². The van der Waals surface area contributed by atoms with E-state index in [9.17, 15) is 5.11 Å². The van der Waals surface area contributed by atoms with Crippen LogP contribution in [0.3, 0.4) is 0 Å². The second kappa shape index (κ2) is 7.27. The zero-order chi connectivity index (χ0) is 11.0. The highest BCUT2D eigenvalue weighted by molar-refractivity contribution is 4.76. The van der Waals surface area contributed by atoms with E-state index >= 15 is 0 Å². The van der Waals surface area contributed by atoms with Crippen LogP contribution in [0.25, 0.3) is 0 Å². The SMILES string of the molecule is CCC1(O)CCCCCCCCCCC1. The number of rotatable bonds is 1. The van der Waals surface area contributed by atoms with Crippen molar-refractivity contribution in [3.63, 3.8) is 0 Å². The second-order valence-corrected chi connectivity index (χ2v) is 5.26. The Bertz CT molecular complexity index is 141. The van der Waals surface area contributed by atoms with Crippen molar-refractivity contribution in [2.75, 3.05) is 0 Å². The minimum atomic E-state index is -0.334. The van der Waals surface area contributed by atoms with Crippen molar-refractivity contribution >= 4 is 0 Å². The van der Waals surface area contributed by atoms with Gasteiger partial charge in [-0.05, 0) is 19.3 Å². The Labute approximate surface area is 95.3 Å². The summed E-state index contributed by atoms with van der Waals surface area (Å²) in [4.78, 5) is 0. The van der Waals surface area contributed by atoms with Gasteiger partial charge in [-0.1, -0.05) is 64.7 Å². The van der Waals surface area contributed by atoms with Gasteiger partial charge in [-0.2, -0.15) is 0 Å². The lowest BCUT2D eigenvalue weighted by atomic mass is 9.87. The maximum Gasteiger partial charge on any atom is 0.0645 e. The highest BCUT2D eigenvalue weighted by Crippen LogP contribution is 2.27. The smallest absolute Gasteiger partial charge is 0.0645 e. The highest BCUT2D eigenvalue weighted by Gasteiger charge is 2.23. The molecule has 1 nitrogen and oxygen atoms in total. The lowest BCUT2D eigenvalue weighted by Crippen LogP contribution is -2.27. The highest BCUT2D eigenvalue weighted by atomic mass is 16.3. The van der Waals surface area contributed by atoms with Crippen LogP contribution in [-0.2, 0) is 0 Å². The zero-order valence-electron chi connectivity index (χ0n) is 10.4. The van der Waals surface area contributed by atoms with E-state index in [1.54, 1.807) is 0 Å². The average Bonchev–Trinajstić information content (AvgIpc) is 2.23. The Balaban J connectivity index is 2.32. The van der Waals surface area contributed by atoms with Crippen LogP contribution in [0.4, 0.5) is 0 Å². The van der Waals surface area contributed by atoms with E-state index in [4.69, 9.17) is 0 Å². The van der Waals surface area contributed by atoms with Crippen LogP contribution >= 0.6 is 0 Å². The van der Waals surface area contributed by atoms with Crippen LogP contribution in [0.1, 0.15) is 84.0 Å². The molecule has 1 aliphatic carbocycles. The predicted octanol–water partition coefficient (Wildman–Crippen LogP) is 4.43. The summed E-state index contributed by atoms with van der Waals surface area (Å²) in [5.41, 5.74) is -0.334. The Hall–Kier alpha value is -0.0400. The van der Waals surface area contributed by atoms with Crippen molar-refractivity contribution in [1.82, 2.24) is 0 Å². The fourth-order valence-corrected chi connectivity index (χ4v) is 2.62. The minimum absolute atomic E-state index is 0.334. The topological polar surface area (TPSA) is 20.2 Å². The maximum absolute atomic E-state index is 10.4. The Morgan fingerprint density at radius 2 is 1.07 bits per heavy atom. The van der Waals surface area contributed by atoms with Crippen molar-refractivity contribution in [3.05, 3.63) is 0 Å². The average molecular weight is 212 g/mol. The molecule has 1 heteroatoms. The summed E-state index contributed by atoms with van der Waals surface area (Å²) in [6.07, 6.45) is 15.1. The third-order valence-corrected chi connectivity index (χ3v) is 3.94. The van der Waals surface area contributed by atoms with Crippen molar-refractivity contribution in [2.24, 2.45) is 0 Å². The minimum Gasteiger partial charge on any atom is -0.390 e. The van der Waals surface area contributed by atoms with Crippen molar-refractivity contribution in [3.8, 4) is 0 Å². The molecule has 0 heterocycles. The molecule has 0 radical (unpaired) electrons. The first kappa shape index (κ1) is 13.0. The van der Waals surface area contributed by atoms with Gasteiger partial charge in [0.05, 0.1) is 5.60 Å². The molecule has 90 valence electrons. The van der Waals surface area contributed by atoms with Gasteiger partial charge in [0, 0.05) is 0 Å². The van der Waals surface area contributed by atoms with Gasteiger partial charge in [-0.25, -0.2) is 0 Å². The molecule has 1 fully saturated rings. The summed E-state index contributed by atoms with van der Waals surface area (Å²) in [6.45, 7) is 2.13. The molecule has 0 aromatic rings. The number of aliphatic hydroxyl groups is 1. The van der Waals surface area contributed by atoms with E-state index in [0.717, 1.165) is 19.3 Å². The Morgan fingerprint density at radius 3 is 1.40 bits per heavy atom. The van der Waals surface area contributed by atoms with E-state index in [0.29, 0.717) is 0 Å². The standard InChI is InChI=1S/C14H28O/c1-2-14(15)12-10-8-6-4-3-5-7-9-11-13-14/h15H,2-13H2,1H3. The third kappa shape index (κ3) is 5.55. The van der Waals surface area contributed by atoms with E-state index in [2.05, 4.69) is 6.92 Å². The Morgan fingerprint density at radius 1 is 0.733 bits per heavy atom. The summed E-state index contributed by atoms with van der Waals surface area (Å²) >= 11 is 0. The van der Waals surface area contributed by atoms with Gasteiger partial charge in [-0.15, -0.1) is 0 Å². The molecule has 1 rings (SSSR count). The first-order valence-corrected chi connectivity index (χ1v) is 6.99. The van der Waals surface area contributed by atoms with Crippen molar-refractivity contribution in [1.29, 1.82) is 0 Å². The normalized spacial score (nSPS) is 25.2. The molecule has 0 aromatic carbocycles. The van der Waals surface area contributed by atoms with Gasteiger partial charge >= 0.3 is 0 Å². The predicted molar refractivity (Wildman–Crippen MR) is 66.0 cm³/mol. The first-order chi connectivity index (χ1) is 7.27. The molecule has 0 unspecified atom stereocenters. The summed E-state index contributed by atoms with van der Waals surface area (Å²) < 4.78 is 0. The molecule has 0 bridgehead atoms. The molecule has 0 aliphatic heterocycles. The summed E-state index contributed by atoms with van der Waals surface area (Å²) in [6, 6.07) is 0. The van der Waals surface area contributed by atoms with Gasteiger partial charge in [0.1, 0.15) is 0 Å². The summed E-state index contributed by atoms with van der Waals surface area (Å²) in [5, 5.41) is 10.4. The van der Waals surface area contributed by atoms with Gasteiger partial charge < -0.3 is 5.11 Å². The van der Waals surface area contributed by atoms with Crippen LogP contribution in [0.15, 0.2) is 0 Å². The summed E-state index contributed by atoms with van der Waals surface area (Å²) in [5.74, 6) is 0. The van der Waals surface area contributed by atoms with Gasteiger partial charge in [0.15, 0.2) is 0 Å². The molecule has 0 spiro atoms. The lowest BCUT2D eigenvalue weighted by Gasteiger charge is -2.27. The van der Waals surface area contributed by atoms with Crippen LogP contribution in [0.2, 0.25) is 0 Å². The van der Waals surface area contributed by atoms with Gasteiger partial charge in [-0.3, -0.25) is 0 Å². The fourth-order valence-electron chi connectivity index (χ4n) is 2.62. The second-order valence-electron chi connectivity index (χ2n) is 5.26. The van der Waals surface area contributed by atoms with Gasteiger partial charge in [0.2, 0.25) is 0 Å². The lowest BCUT2D eigenvalue weighted by molar-refractivity contribution is 0.0137. The molecule has 0 saturated heterocycles. The van der Waals surface area contributed by atoms with E-state index < -0.39 is 0 Å². The molecular weight excluding hydrogens is 184 g/mol. The van der Waals surface area contributed by atoms with E-state index in [1.807, 2.05) is 0 Å². The molecule has 0 amide bonds. The van der Waals surface area contributed by atoms with E-state index in [1.165, 1.54) is 57.8 Å². The molecule has 1 aliphatic rings. The number of hydrogen-bond donors (Lipinski definition) is 1. The Kier molecular flexibility index (Phi) is 6.31. The molecule has 1 N–H and O–H groups in total. The monoisotopic (exact) mass is 212 g/mol. The van der Waals surface area contributed by atoms with Crippen molar-refractivity contribution < 1.29 is 5.11 Å². The van der Waals surface area contributed by atoms with Crippen LogP contribution in [0, 0.1) is 0 Å². The molecule has 1 saturated carbocycles. The fraction of sp³-hybridized carbons (Fsp3) is 1.00. The molecule has 15 heavy (non-hydrogen) atoms. The van der Waals surface area contributed by atoms with E-state index in [-0.39, 0.29) is 5.60 Å². The van der Waals surface area contributed by atoms with Gasteiger partial charge in [0.25, 0.3) is 0 Å². The summed E-state index contributed by atoms with van der Waals surface area (Å²) in [7, 11) is 0. The maximum atomic E-state index is 10.4. The third-order valence-electron chi connectivity index (χ3n) is 3.94. The van der Waals surface area contributed by atoms with Crippen molar-refractivity contribution in [2.45, 2.75) is 89.6 Å². The largest absolute Gasteiger partial charge is 0.390 e. The molecule has 0 atom stereocenters. The zero-order valence-corrected chi connectivity index (χ0v) is 10.4. The molecule has 0 aromatic heterocycles. The van der Waals surface area contributed by atoms with Crippen LogP contribution in [-0.4, -0.2) is 10.7 Å². The quantitative estimate of drug-likeness (QED) is 0.681. The van der Waals surface area contributed by atoms with Crippen LogP contribution in [0.5, 0.6) is 0 Å². The number of hydrogen-bond acceptors (Lipinski definition) is 1. The first-order valence-electron chi connectivity index (χ1n) is 6.99.